The number of allylic oxidation sites excluding steroid dienone is 2. The molecular weight excluding hydrogens is 545 g/mol. The van der Waals surface area contributed by atoms with Crippen molar-refractivity contribution in [2.45, 2.75) is 98.7 Å². The van der Waals surface area contributed by atoms with E-state index in [4.69, 9.17) is 0 Å². The number of amides is 1. The fourth-order valence-electron chi connectivity index (χ4n) is 11.7. The van der Waals surface area contributed by atoms with Gasteiger partial charge in [-0.05, 0) is 103 Å². The average Bonchev–Trinajstić information content (AvgIpc) is 2.95. The number of benzene rings is 1. The lowest BCUT2D eigenvalue weighted by Crippen LogP contribution is -2.70. The topological polar surface area (TPSA) is 107 Å². The van der Waals surface area contributed by atoms with Crippen LogP contribution in [0.5, 0.6) is 0 Å². The van der Waals surface area contributed by atoms with E-state index in [1.165, 1.54) is 6.07 Å². The fraction of sp³-hybridized carbons (Fsp3) is 0.722. The number of aliphatic hydroxyl groups excluding tert-OH is 3. The van der Waals surface area contributed by atoms with Crippen molar-refractivity contribution in [3.63, 3.8) is 0 Å². The van der Waals surface area contributed by atoms with E-state index in [0.717, 1.165) is 31.3 Å². The minimum absolute atomic E-state index is 0.0433. The van der Waals surface area contributed by atoms with Gasteiger partial charge in [0.15, 0.2) is 5.78 Å². The Morgan fingerprint density at radius 3 is 2.40 bits per heavy atom. The van der Waals surface area contributed by atoms with Gasteiger partial charge in [-0.25, -0.2) is 4.39 Å². The second-order valence-corrected chi connectivity index (χ2v) is 16.1. The molecule has 6 rings (SSSR count). The highest BCUT2D eigenvalue weighted by atomic mass is 19.1. The van der Waals surface area contributed by atoms with Gasteiger partial charge in [0, 0.05) is 11.3 Å². The Kier molecular flexibility index (Phi) is 7.16. The predicted molar refractivity (Wildman–Crippen MR) is 163 cm³/mol. The van der Waals surface area contributed by atoms with Gasteiger partial charge in [0.2, 0.25) is 5.91 Å². The van der Waals surface area contributed by atoms with E-state index in [9.17, 15) is 29.3 Å². The smallest absolute Gasteiger partial charge is 0.231 e. The minimum Gasteiger partial charge on any atom is -0.396 e. The third-order valence-corrected chi connectivity index (χ3v) is 14.4. The summed E-state index contributed by atoms with van der Waals surface area (Å²) < 4.78 is 14.7. The molecule has 1 amide bonds. The Hall–Kier alpha value is -2.09. The average molecular weight is 596 g/mol. The number of hydrogen-bond donors (Lipinski definition) is 4. The quantitative estimate of drug-likeness (QED) is 0.348. The molecule has 0 aliphatic heterocycles. The molecular formula is C36H50FNO5. The summed E-state index contributed by atoms with van der Waals surface area (Å²) >= 11 is 0. The standard InChI is InChI=1S/C36H50FNO5/c1-20-11-14-36(31(43)38-24-10-8-7-9-23(24)37)16-15-34(5)22(28(36)21(20)2)17-25(40)29-32(3)18-26(41)30(42)33(4,19-39)27(32)12-13-35(29,34)6/h7-10,17,20-21,26-30,39,41-42H,11-16,18-19H2,1-6H3,(H,38,43)/t20-,21+,26-,27-,28+,29-,30+,32+,33+,34-,35-,36+/m1/s1. The van der Waals surface area contributed by atoms with Crippen LogP contribution in [-0.4, -0.2) is 45.8 Å². The molecule has 0 bridgehead atoms. The summed E-state index contributed by atoms with van der Waals surface area (Å²) in [6.07, 6.45) is 4.63. The molecule has 6 nitrogen and oxygen atoms in total. The van der Waals surface area contributed by atoms with Crippen LogP contribution in [0.2, 0.25) is 0 Å². The van der Waals surface area contributed by atoms with Gasteiger partial charge in [0.25, 0.3) is 0 Å². The number of nitrogens with one attached hydrogen (secondary N) is 1. The maximum Gasteiger partial charge on any atom is 0.231 e. The number of carbonyl (C=O) groups excluding carboxylic acids is 2. The number of ketones is 1. The Bertz CT molecular complexity index is 1360. The van der Waals surface area contributed by atoms with Crippen LogP contribution in [0.1, 0.15) is 86.5 Å². The molecule has 0 aromatic heterocycles. The largest absolute Gasteiger partial charge is 0.396 e. The summed E-state index contributed by atoms with van der Waals surface area (Å²) in [5.74, 6) is -0.667. The molecule has 0 unspecified atom stereocenters. The lowest BCUT2D eigenvalue weighted by molar-refractivity contribution is -0.238. The van der Waals surface area contributed by atoms with Gasteiger partial charge in [-0.2, -0.15) is 0 Å². The first kappa shape index (κ1) is 30.9. The number of anilines is 1. The zero-order valence-corrected chi connectivity index (χ0v) is 26.6. The molecule has 0 saturated heterocycles. The summed E-state index contributed by atoms with van der Waals surface area (Å²) in [6, 6.07) is 6.30. The van der Waals surface area contributed by atoms with Crippen molar-refractivity contribution in [1.82, 2.24) is 0 Å². The molecule has 0 radical (unpaired) electrons. The van der Waals surface area contributed by atoms with E-state index in [2.05, 4.69) is 39.9 Å². The van der Waals surface area contributed by atoms with Crippen LogP contribution in [0.4, 0.5) is 10.1 Å². The zero-order valence-electron chi connectivity index (χ0n) is 26.6. The Morgan fingerprint density at radius 1 is 1.02 bits per heavy atom. The predicted octanol–water partition coefficient (Wildman–Crippen LogP) is 5.90. The lowest BCUT2D eigenvalue weighted by Gasteiger charge is -2.71. The molecule has 4 saturated carbocycles. The van der Waals surface area contributed by atoms with Crippen LogP contribution in [0, 0.1) is 62.5 Å². The molecule has 1 aromatic carbocycles. The van der Waals surface area contributed by atoms with Crippen LogP contribution >= 0.6 is 0 Å². The molecule has 1 aromatic rings. The van der Waals surface area contributed by atoms with Crippen molar-refractivity contribution in [1.29, 1.82) is 0 Å². The number of halogens is 1. The van der Waals surface area contributed by atoms with E-state index >= 15 is 0 Å². The van der Waals surface area contributed by atoms with Crippen molar-refractivity contribution in [2.75, 3.05) is 11.9 Å². The first-order chi connectivity index (χ1) is 20.1. The maximum atomic E-state index is 14.7. The Balaban J connectivity index is 1.46. The van der Waals surface area contributed by atoms with Crippen molar-refractivity contribution in [3.05, 3.63) is 41.7 Å². The van der Waals surface area contributed by atoms with Gasteiger partial charge in [0.1, 0.15) is 5.82 Å². The fourth-order valence-corrected chi connectivity index (χ4v) is 11.7. The first-order valence-corrected chi connectivity index (χ1v) is 16.4. The van der Waals surface area contributed by atoms with Gasteiger partial charge < -0.3 is 20.6 Å². The molecule has 5 aliphatic rings. The normalized spacial score (nSPS) is 49.1. The molecule has 4 fully saturated rings. The molecule has 5 aliphatic carbocycles. The highest BCUT2D eigenvalue weighted by molar-refractivity contribution is 5.98. The summed E-state index contributed by atoms with van der Waals surface area (Å²) in [5.41, 5.74) is -1.75. The van der Waals surface area contributed by atoms with Gasteiger partial charge in [-0.1, -0.05) is 59.2 Å². The van der Waals surface area contributed by atoms with Crippen molar-refractivity contribution in [3.8, 4) is 0 Å². The highest BCUT2D eigenvalue weighted by Gasteiger charge is 2.72. The van der Waals surface area contributed by atoms with Crippen LogP contribution in [0.3, 0.4) is 0 Å². The third-order valence-electron chi connectivity index (χ3n) is 14.4. The number of para-hydroxylation sites is 1. The number of hydrogen-bond acceptors (Lipinski definition) is 5. The molecule has 7 heteroatoms. The van der Waals surface area contributed by atoms with Crippen molar-refractivity contribution >= 4 is 17.4 Å². The Morgan fingerprint density at radius 2 is 1.72 bits per heavy atom. The molecule has 12 atom stereocenters. The maximum absolute atomic E-state index is 14.7. The van der Waals surface area contributed by atoms with Crippen LogP contribution in [0.15, 0.2) is 35.9 Å². The molecule has 43 heavy (non-hydrogen) atoms. The van der Waals surface area contributed by atoms with Crippen LogP contribution in [0.25, 0.3) is 0 Å². The second-order valence-electron chi connectivity index (χ2n) is 16.1. The summed E-state index contributed by atoms with van der Waals surface area (Å²) in [4.78, 5) is 28.9. The van der Waals surface area contributed by atoms with Gasteiger partial charge in [0.05, 0.1) is 29.9 Å². The van der Waals surface area contributed by atoms with E-state index in [0.29, 0.717) is 25.2 Å². The van der Waals surface area contributed by atoms with Gasteiger partial charge in [-0.3, -0.25) is 9.59 Å². The second kappa shape index (κ2) is 9.95. The molecule has 0 heterocycles. The van der Waals surface area contributed by atoms with Crippen LogP contribution in [-0.2, 0) is 9.59 Å². The van der Waals surface area contributed by atoms with E-state index < -0.39 is 39.7 Å². The zero-order chi connectivity index (χ0) is 31.3. The van der Waals surface area contributed by atoms with Crippen molar-refractivity contribution < 1.29 is 29.3 Å². The summed E-state index contributed by atoms with van der Waals surface area (Å²) in [5, 5.41) is 35.6. The Labute approximate surface area is 255 Å². The number of aliphatic hydroxyl groups is 3. The van der Waals surface area contributed by atoms with E-state index in [-0.39, 0.29) is 53.1 Å². The first-order valence-electron chi connectivity index (χ1n) is 16.4. The van der Waals surface area contributed by atoms with E-state index in [1.54, 1.807) is 18.2 Å². The minimum atomic E-state index is -1.05. The number of rotatable bonds is 3. The van der Waals surface area contributed by atoms with Crippen LogP contribution < -0.4 is 5.32 Å². The molecule has 0 spiro atoms. The summed E-state index contributed by atoms with van der Waals surface area (Å²) in [6.45, 7) is 12.7. The summed E-state index contributed by atoms with van der Waals surface area (Å²) in [7, 11) is 0. The van der Waals surface area contributed by atoms with Crippen molar-refractivity contribution in [2.24, 2.45) is 56.7 Å². The lowest BCUT2D eigenvalue weighted by atomic mass is 9.33. The van der Waals surface area contributed by atoms with Gasteiger partial charge in [-0.15, -0.1) is 0 Å². The third kappa shape index (κ3) is 3.92. The molecule has 4 N–H and O–H groups in total. The highest BCUT2D eigenvalue weighted by Crippen LogP contribution is 2.75. The van der Waals surface area contributed by atoms with E-state index in [1.807, 2.05) is 13.0 Å². The number of fused-ring (bicyclic) bond motifs is 7. The number of carbonyl (C=O) groups is 2. The monoisotopic (exact) mass is 595 g/mol. The SMILES string of the molecule is C[C@H]1[C@H](C)CC[C@]2(C(=O)Nc3ccccc3F)CC[C@]3(C)C(=CC(=O)[C@@H]4[C@@]5(C)C[C@@H](O)[C@H](O)[C@@](C)(CO)[C@@H]5CC[C@]43C)[C@H]12. The molecule has 236 valence electrons. The van der Waals surface area contributed by atoms with Gasteiger partial charge >= 0.3 is 0 Å².